The molecule has 1 N–H and O–H groups in total. The number of halogens is 3. The summed E-state index contributed by atoms with van der Waals surface area (Å²) in [5.74, 6) is 0. The van der Waals surface area contributed by atoms with E-state index in [0.717, 1.165) is 19.2 Å². The molecule has 0 saturated heterocycles. The van der Waals surface area contributed by atoms with E-state index in [1.54, 1.807) is 0 Å². The highest BCUT2D eigenvalue weighted by Crippen LogP contribution is 2.37. The van der Waals surface area contributed by atoms with E-state index in [1.165, 1.54) is 18.2 Å². The third kappa shape index (κ3) is 2.98. The molecule has 106 valence electrons. The van der Waals surface area contributed by atoms with Crippen molar-refractivity contribution in [3.8, 4) is 0 Å². The Morgan fingerprint density at radius 2 is 1.74 bits per heavy atom. The molecule has 0 aliphatic heterocycles. The summed E-state index contributed by atoms with van der Waals surface area (Å²) in [6.07, 6.45) is -1.78. The van der Waals surface area contributed by atoms with E-state index in [-0.39, 0.29) is 10.5 Å². The van der Waals surface area contributed by atoms with Gasteiger partial charge >= 0.3 is 11.6 Å². The Kier molecular flexibility index (Phi) is 4.09. The van der Waals surface area contributed by atoms with Gasteiger partial charge in [-0.3, -0.25) is 4.90 Å². The Labute approximate surface area is 107 Å². The number of nitrogens with zero attached hydrogens (tertiary/aromatic N) is 1. The molecular formula is C10H10F3NO4S. The molecule has 1 amide bonds. The van der Waals surface area contributed by atoms with Crippen LogP contribution in [0.5, 0.6) is 0 Å². The molecule has 9 heteroatoms. The minimum atomic E-state index is -5.69. The van der Waals surface area contributed by atoms with Crippen molar-refractivity contribution in [2.75, 3.05) is 7.05 Å². The number of alkyl halides is 3. The van der Waals surface area contributed by atoms with E-state index >= 15 is 0 Å². The molecular weight excluding hydrogens is 287 g/mol. The van der Waals surface area contributed by atoms with Crippen molar-refractivity contribution in [1.29, 1.82) is 0 Å². The number of benzene rings is 1. The second kappa shape index (κ2) is 5.08. The van der Waals surface area contributed by atoms with Crippen LogP contribution in [0.4, 0.5) is 18.0 Å². The van der Waals surface area contributed by atoms with Gasteiger partial charge in [-0.15, -0.1) is 0 Å². The smallest absolute Gasteiger partial charge is 0.465 e. The molecule has 1 rings (SSSR count). The van der Waals surface area contributed by atoms with Crippen molar-refractivity contribution in [3.05, 3.63) is 35.9 Å². The maximum atomic E-state index is 12.6. The van der Waals surface area contributed by atoms with Crippen LogP contribution in [0.1, 0.15) is 10.9 Å². The Balaban J connectivity index is 3.42. The zero-order chi connectivity index (χ0) is 14.8. The van der Waals surface area contributed by atoms with Crippen molar-refractivity contribution >= 4 is 15.9 Å². The molecule has 1 unspecified atom stereocenters. The normalized spacial score (nSPS) is 13.9. The van der Waals surface area contributed by atoms with Crippen LogP contribution in [-0.4, -0.2) is 37.1 Å². The Morgan fingerprint density at radius 3 is 2.11 bits per heavy atom. The lowest BCUT2D eigenvalue weighted by Crippen LogP contribution is -2.40. The van der Waals surface area contributed by atoms with Gasteiger partial charge in [-0.05, 0) is 5.56 Å². The molecule has 0 radical (unpaired) electrons. The lowest BCUT2D eigenvalue weighted by Gasteiger charge is -2.26. The summed E-state index contributed by atoms with van der Waals surface area (Å²) >= 11 is 0. The SMILES string of the molecule is CN(C(=O)O)C(c1ccccc1)S(=O)(=O)C(F)(F)F. The van der Waals surface area contributed by atoms with E-state index in [4.69, 9.17) is 5.11 Å². The molecule has 0 fully saturated rings. The highest BCUT2D eigenvalue weighted by Gasteiger charge is 2.53. The second-order valence-electron chi connectivity index (χ2n) is 3.65. The van der Waals surface area contributed by atoms with Gasteiger partial charge in [0.25, 0.3) is 9.84 Å². The molecule has 1 atom stereocenters. The third-order valence-electron chi connectivity index (χ3n) is 2.35. The van der Waals surface area contributed by atoms with Crippen LogP contribution in [0.25, 0.3) is 0 Å². The van der Waals surface area contributed by atoms with Gasteiger partial charge in [0.2, 0.25) is 0 Å². The van der Waals surface area contributed by atoms with Gasteiger partial charge in [-0.2, -0.15) is 13.2 Å². The zero-order valence-corrected chi connectivity index (χ0v) is 10.4. The third-order valence-corrected chi connectivity index (χ3v) is 4.18. The number of rotatable bonds is 3. The summed E-state index contributed by atoms with van der Waals surface area (Å²) in [4.78, 5) is 10.9. The first-order valence-corrected chi connectivity index (χ1v) is 6.44. The Hall–Kier alpha value is -1.77. The fourth-order valence-corrected chi connectivity index (χ4v) is 2.73. The van der Waals surface area contributed by atoms with Crippen molar-refractivity contribution < 1.29 is 31.5 Å². The fourth-order valence-electron chi connectivity index (χ4n) is 1.46. The van der Waals surface area contributed by atoms with E-state index < -0.39 is 26.8 Å². The predicted octanol–water partition coefficient (Wildman–Crippen LogP) is 2.23. The molecule has 1 aromatic rings. The fraction of sp³-hybridized carbons (Fsp3) is 0.300. The highest BCUT2D eigenvalue weighted by atomic mass is 32.2. The van der Waals surface area contributed by atoms with E-state index in [9.17, 15) is 26.4 Å². The number of hydrogen-bond acceptors (Lipinski definition) is 3. The summed E-state index contributed by atoms with van der Waals surface area (Å²) in [6, 6.07) is 6.36. The molecule has 0 heterocycles. The van der Waals surface area contributed by atoms with Gasteiger partial charge < -0.3 is 5.11 Å². The average molecular weight is 297 g/mol. The van der Waals surface area contributed by atoms with Gasteiger partial charge in [-0.25, -0.2) is 13.2 Å². The molecule has 1 aromatic carbocycles. The lowest BCUT2D eigenvalue weighted by molar-refractivity contribution is -0.0459. The standard InChI is InChI=1S/C10H10F3NO4S/c1-14(9(15)16)8(7-5-3-2-4-6-7)19(17,18)10(11,12)13/h2-6,8H,1H3,(H,15,16). The molecule has 5 nitrogen and oxygen atoms in total. The van der Waals surface area contributed by atoms with Crippen LogP contribution in [0.3, 0.4) is 0 Å². The molecule has 0 bridgehead atoms. The molecule has 0 aromatic heterocycles. The quantitative estimate of drug-likeness (QED) is 0.928. The maximum Gasteiger partial charge on any atom is 0.499 e. The largest absolute Gasteiger partial charge is 0.499 e. The summed E-state index contributed by atoms with van der Waals surface area (Å²) in [6.45, 7) is 0. The minimum Gasteiger partial charge on any atom is -0.465 e. The van der Waals surface area contributed by atoms with E-state index in [0.29, 0.717) is 0 Å². The second-order valence-corrected chi connectivity index (χ2v) is 5.65. The van der Waals surface area contributed by atoms with Crippen LogP contribution in [0, 0.1) is 0 Å². The van der Waals surface area contributed by atoms with Crippen molar-refractivity contribution in [2.24, 2.45) is 0 Å². The van der Waals surface area contributed by atoms with Crippen molar-refractivity contribution in [1.82, 2.24) is 4.90 Å². The number of carboxylic acid groups (broad SMARTS) is 1. The van der Waals surface area contributed by atoms with Crippen LogP contribution in [-0.2, 0) is 9.84 Å². The topological polar surface area (TPSA) is 74.7 Å². The van der Waals surface area contributed by atoms with Crippen LogP contribution in [0.15, 0.2) is 30.3 Å². The van der Waals surface area contributed by atoms with Crippen LogP contribution in [0.2, 0.25) is 0 Å². The van der Waals surface area contributed by atoms with Gasteiger partial charge in [-0.1, -0.05) is 30.3 Å². The number of amides is 1. The summed E-state index contributed by atoms with van der Waals surface area (Å²) in [5, 5.41) is 6.41. The molecule has 0 aliphatic carbocycles. The summed E-state index contributed by atoms with van der Waals surface area (Å²) in [5.41, 5.74) is -5.82. The van der Waals surface area contributed by atoms with Gasteiger partial charge in [0.1, 0.15) is 0 Å². The molecule has 0 spiro atoms. The van der Waals surface area contributed by atoms with E-state index in [1.807, 2.05) is 0 Å². The van der Waals surface area contributed by atoms with E-state index in [2.05, 4.69) is 0 Å². The number of carbonyl (C=O) groups is 1. The highest BCUT2D eigenvalue weighted by molar-refractivity contribution is 7.92. The summed E-state index contributed by atoms with van der Waals surface area (Å²) in [7, 11) is -4.92. The number of hydrogen-bond donors (Lipinski definition) is 1. The Morgan fingerprint density at radius 1 is 1.26 bits per heavy atom. The van der Waals surface area contributed by atoms with Crippen LogP contribution < -0.4 is 0 Å². The van der Waals surface area contributed by atoms with Crippen LogP contribution >= 0.6 is 0 Å². The van der Waals surface area contributed by atoms with Crippen molar-refractivity contribution in [2.45, 2.75) is 10.9 Å². The first-order chi connectivity index (χ1) is 8.59. The summed E-state index contributed by atoms with van der Waals surface area (Å²) < 4.78 is 60.7. The Bertz CT molecular complexity index is 556. The number of sulfone groups is 1. The minimum absolute atomic E-state index is 0.109. The maximum absolute atomic E-state index is 12.6. The van der Waals surface area contributed by atoms with Gasteiger partial charge in [0.15, 0.2) is 5.37 Å². The first kappa shape index (κ1) is 15.3. The predicted molar refractivity (Wildman–Crippen MR) is 59.9 cm³/mol. The molecule has 0 aliphatic rings. The van der Waals surface area contributed by atoms with Gasteiger partial charge in [0, 0.05) is 7.05 Å². The first-order valence-electron chi connectivity index (χ1n) is 4.90. The monoisotopic (exact) mass is 297 g/mol. The van der Waals surface area contributed by atoms with Crippen molar-refractivity contribution in [3.63, 3.8) is 0 Å². The lowest BCUT2D eigenvalue weighted by atomic mass is 10.2. The van der Waals surface area contributed by atoms with Gasteiger partial charge in [0.05, 0.1) is 0 Å². The zero-order valence-electron chi connectivity index (χ0n) is 9.63. The average Bonchev–Trinajstić information content (AvgIpc) is 2.28. The molecule has 0 saturated carbocycles. The molecule has 19 heavy (non-hydrogen) atoms.